The van der Waals surface area contributed by atoms with E-state index in [-0.39, 0.29) is 12.7 Å². The molecule has 0 radical (unpaired) electrons. The molecule has 1 fully saturated rings. The van der Waals surface area contributed by atoms with Crippen molar-refractivity contribution in [2.24, 2.45) is 17.8 Å². The predicted octanol–water partition coefficient (Wildman–Crippen LogP) is 4.57. The van der Waals surface area contributed by atoms with E-state index in [1.165, 1.54) is 43.2 Å². The highest BCUT2D eigenvalue weighted by atomic mass is 16.3. The normalized spacial score (nSPS) is 26.2. The van der Waals surface area contributed by atoms with Gasteiger partial charge < -0.3 is 15.5 Å². The van der Waals surface area contributed by atoms with Crippen LogP contribution in [0.3, 0.4) is 0 Å². The van der Waals surface area contributed by atoms with Gasteiger partial charge in [-0.2, -0.15) is 0 Å². The summed E-state index contributed by atoms with van der Waals surface area (Å²) in [6.45, 7) is 4.08. The Kier molecular flexibility index (Phi) is 8.97. The van der Waals surface area contributed by atoms with E-state index in [4.69, 9.17) is 5.11 Å². The number of allylic oxidation sites excluding steroid dienone is 3. The van der Waals surface area contributed by atoms with Gasteiger partial charge >= 0.3 is 0 Å². The number of fused-ring (bicyclic) bond motifs is 1. The molecule has 3 rings (SSSR count). The number of hydrogen-bond donors (Lipinski definition) is 3. The lowest BCUT2D eigenvalue weighted by Crippen LogP contribution is -2.19. The van der Waals surface area contributed by atoms with Gasteiger partial charge in [-0.3, -0.25) is 0 Å². The SMILES string of the molecule is Cc1cccc(CCC=C[C@@H]2[C@H]3CC(CCCCCNCCO)=C[C@H]3C[C@H]2O)c1. The summed E-state index contributed by atoms with van der Waals surface area (Å²) in [4.78, 5) is 0. The third-order valence-corrected chi connectivity index (χ3v) is 6.63. The summed E-state index contributed by atoms with van der Waals surface area (Å²) in [5.41, 5.74) is 4.34. The fourth-order valence-electron chi connectivity index (χ4n) is 5.14. The van der Waals surface area contributed by atoms with Crippen molar-refractivity contribution in [3.63, 3.8) is 0 Å². The van der Waals surface area contributed by atoms with Gasteiger partial charge in [0.05, 0.1) is 12.7 Å². The Morgan fingerprint density at radius 1 is 1.14 bits per heavy atom. The number of aliphatic hydroxyl groups excluding tert-OH is 2. The van der Waals surface area contributed by atoms with E-state index >= 15 is 0 Å². The smallest absolute Gasteiger partial charge is 0.0611 e. The second-order valence-corrected chi connectivity index (χ2v) is 8.98. The number of rotatable bonds is 12. The Hall–Kier alpha value is -1.42. The number of unbranched alkanes of at least 4 members (excludes halogenated alkanes) is 2. The van der Waals surface area contributed by atoms with Crippen LogP contribution in [0, 0.1) is 24.7 Å². The topological polar surface area (TPSA) is 52.5 Å². The summed E-state index contributed by atoms with van der Waals surface area (Å²) in [5.74, 6) is 1.52. The molecule has 2 aliphatic carbocycles. The minimum atomic E-state index is -0.171. The van der Waals surface area contributed by atoms with E-state index in [9.17, 15) is 5.11 Å². The van der Waals surface area contributed by atoms with E-state index in [2.05, 4.69) is 54.7 Å². The predicted molar refractivity (Wildman–Crippen MR) is 121 cm³/mol. The second-order valence-electron chi connectivity index (χ2n) is 8.98. The molecule has 4 atom stereocenters. The zero-order valence-electron chi connectivity index (χ0n) is 18.0. The maximum absolute atomic E-state index is 10.5. The number of nitrogens with one attached hydrogen (secondary N) is 1. The maximum atomic E-state index is 10.5. The first-order valence-corrected chi connectivity index (χ1v) is 11.6. The lowest BCUT2D eigenvalue weighted by molar-refractivity contribution is 0.141. The Morgan fingerprint density at radius 3 is 2.86 bits per heavy atom. The highest BCUT2D eigenvalue weighted by Gasteiger charge is 2.42. The van der Waals surface area contributed by atoms with Gasteiger partial charge in [-0.1, -0.05) is 60.1 Å². The molecule has 0 aromatic heterocycles. The Labute approximate surface area is 176 Å². The van der Waals surface area contributed by atoms with Crippen LogP contribution < -0.4 is 5.32 Å². The molecule has 2 aliphatic rings. The second kappa shape index (κ2) is 11.7. The van der Waals surface area contributed by atoms with Crippen LogP contribution in [0.15, 0.2) is 48.1 Å². The molecule has 29 heavy (non-hydrogen) atoms. The molecule has 3 N–H and O–H groups in total. The minimum absolute atomic E-state index is 0.171. The van der Waals surface area contributed by atoms with E-state index in [1.54, 1.807) is 5.57 Å². The fourth-order valence-corrected chi connectivity index (χ4v) is 5.14. The van der Waals surface area contributed by atoms with Crippen molar-refractivity contribution in [2.45, 2.75) is 64.4 Å². The average molecular weight is 398 g/mol. The van der Waals surface area contributed by atoms with Gasteiger partial charge in [0.1, 0.15) is 0 Å². The van der Waals surface area contributed by atoms with Crippen LogP contribution in [0.2, 0.25) is 0 Å². The van der Waals surface area contributed by atoms with Crippen molar-refractivity contribution < 1.29 is 10.2 Å². The molecular formula is C26H39NO2. The Balaban J connectivity index is 1.38. The fraction of sp³-hybridized carbons (Fsp3) is 0.615. The molecule has 0 heterocycles. The van der Waals surface area contributed by atoms with Gasteiger partial charge in [0.15, 0.2) is 0 Å². The highest BCUT2D eigenvalue weighted by molar-refractivity contribution is 5.23. The van der Waals surface area contributed by atoms with Gasteiger partial charge in [0, 0.05) is 12.5 Å². The number of aliphatic hydroxyl groups is 2. The summed E-state index contributed by atoms with van der Waals surface area (Å²) in [5, 5.41) is 22.6. The number of benzene rings is 1. The molecule has 3 heteroatoms. The molecule has 1 aromatic rings. The van der Waals surface area contributed by atoms with E-state index in [1.807, 2.05) is 0 Å². The van der Waals surface area contributed by atoms with Gasteiger partial charge in [0.25, 0.3) is 0 Å². The zero-order valence-corrected chi connectivity index (χ0v) is 18.0. The summed E-state index contributed by atoms with van der Waals surface area (Å²) in [6, 6.07) is 8.76. The van der Waals surface area contributed by atoms with Crippen LogP contribution in [-0.2, 0) is 6.42 Å². The molecule has 0 aliphatic heterocycles. The monoisotopic (exact) mass is 397 g/mol. The lowest BCUT2D eigenvalue weighted by Gasteiger charge is -2.18. The zero-order chi connectivity index (χ0) is 20.5. The van der Waals surface area contributed by atoms with E-state index in [0.717, 1.165) is 25.8 Å². The first-order valence-electron chi connectivity index (χ1n) is 11.6. The number of aryl methyl sites for hydroxylation is 2. The van der Waals surface area contributed by atoms with Crippen LogP contribution in [-0.4, -0.2) is 36.0 Å². The third-order valence-electron chi connectivity index (χ3n) is 6.63. The van der Waals surface area contributed by atoms with Crippen molar-refractivity contribution in [3.05, 3.63) is 59.2 Å². The molecule has 0 amide bonds. The quantitative estimate of drug-likeness (QED) is 0.358. The molecular weight excluding hydrogens is 358 g/mol. The molecule has 0 spiro atoms. The first kappa shape index (κ1) is 22.3. The van der Waals surface area contributed by atoms with Crippen LogP contribution >= 0.6 is 0 Å². The summed E-state index contributed by atoms with van der Waals surface area (Å²) >= 11 is 0. The van der Waals surface area contributed by atoms with Crippen LogP contribution in [0.4, 0.5) is 0 Å². The molecule has 0 saturated heterocycles. The van der Waals surface area contributed by atoms with Gasteiger partial charge in [-0.15, -0.1) is 0 Å². The average Bonchev–Trinajstić information content (AvgIpc) is 3.21. The summed E-state index contributed by atoms with van der Waals surface area (Å²) in [6.07, 6.45) is 16.1. The number of hydrogen-bond acceptors (Lipinski definition) is 3. The first-order chi connectivity index (χ1) is 14.2. The summed E-state index contributed by atoms with van der Waals surface area (Å²) in [7, 11) is 0. The van der Waals surface area contributed by atoms with Crippen molar-refractivity contribution in [1.82, 2.24) is 5.32 Å². The van der Waals surface area contributed by atoms with Gasteiger partial charge in [0.2, 0.25) is 0 Å². The standard InChI is InChI=1S/C26H39NO2/c1-20-8-7-11-21(16-20)9-4-5-12-24-25-18-22(17-23(25)19-26(24)29)10-3-2-6-13-27-14-15-28/h5,7-8,11-12,16-17,23-29H,2-4,6,9-10,13-15,18-19H2,1H3/t23-,24+,25-,26+/m0/s1. The molecule has 3 nitrogen and oxygen atoms in total. The maximum Gasteiger partial charge on any atom is 0.0611 e. The Morgan fingerprint density at radius 2 is 2.03 bits per heavy atom. The van der Waals surface area contributed by atoms with Crippen molar-refractivity contribution in [3.8, 4) is 0 Å². The highest BCUT2D eigenvalue weighted by Crippen LogP contribution is 2.48. The van der Waals surface area contributed by atoms with E-state index in [0.29, 0.717) is 24.3 Å². The Bertz CT molecular complexity index is 681. The van der Waals surface area contributed by atoms with Crippen molar-refractivity contribution in [1.29, 1.82) is 0 Å². The van der Waals surface area contributed by atoms with Crippen molar-refractivity contribution >= 4 is 0 Å². The minimum Gasteiger partial charge on any atom is -0.395 e. The van der Waals surface area contributed by atoms with Gasteiger partial charge in [-0.25, -0.2) is 0 Å². The van der Waals surface area contributed by atoms with Crippen molar-refractivity contribution in [2.75, 3.05) is 19.7 Å². The molecule has 0 bridgehead atoms. The van der Waals surface area contributed by atoms with Crippen LogP contribution in [0.5, 0.6) is 0 Å². The molecule has 1 aromatic carbocycles. The molecule has 160 valence electrons. The molecule has 0 unspecified atom stereocenters. The lowest BCUT2D eigenvalue weighted by atomic mass is 9.88. The van der Waals surface area contributed by atoms with E-state index < -0.39 is 0 Å². The largest absolute Gasteiger partial charge is 0.395 e. The van der Waals surface area contributed by atoms with Crippen LogP contribution in [0.25, 0.3) is 0 Å². The van der Waals surface area contributed by atoms with Gasteiger partial charge in [-0.05, 0) is 75.8 Å². The summed E-state index contributed by atoms with van der Waals surface area (Å²) < 4.78 is 0. The van der Waals surface area contributed by atoms with Crippen LogP contribution in [0.1, 0.15) is 56.1 Å². The molecule has 1 saturated carbocycles. The third kappa shape index (κ3) is 6.80.